The quantitative estimate of drug-likeness (QED) is 0.536. The van der Waals surface area contributed by atoms with E-state index in [2.05, 4.69) is 22.2 Å². The molecule has 0 spiro atoms. The molecule has 0 atom stereocenters. The number of isocyanates is 1. The molecular weight excluding hydrogens is 292 g/mol. The molecule has 1 N–H and O–H groups in total. The van der Waals surface area contributed by atoms with Crippen LogP contribution in [0.4, 0.5) is 10.5 Å². The maximum atomic E-state index is 11.5. The van der Waals surface area contributed by atoms with Crippen LogP contribution in [-0.4, -0.2) is 18.7 Å². The summed E-state index contributed by atoms with van der Waals surface area (Å²) in [5, 5.41) is 2.53. The first kappa shape index (κ1) is 16.0. The van der Waals surface area contributed by atoms with Gasteiger partial charge in [-0.25, -0.2) is 9.59 Å². The van der Waals surface area contributed by atoms with Crippen molar-refractivity contribution in [2.75, 3.05) is 6.54 Å². The fraction of sp³-hybridized carbons (Fsp3) is 0.111. The van der Waals surface area contributed by atoms with Gasteiger partial charge in [0.25, 0.3) is 0 Å². The minimum absolute atomic E-state index is 0.132. The van der Waals surface area contributed by atoms with Crippen LogP contribution >= 0.6 is 0 Å². The van der Waals surface area contributed by atoms with Crippen molar-refractivity contribution in [1.29, 1.82) is 0 Å². The summed E-state index contributed by atoms with van der Waals surface area (Å²) in [5.74, 6) is 5.61. The van der Waals surface area contributed by atoms with Gasteiger partial charge in [-0.1, -0.05) is 54.3 Å². The van der Waals surface area contributed by atoms with Crippen molar-refractivity contribution in [2.45, 2.75) is 6.61 Å². The van der Waals surface area contributed by atoms with Crippen molar-refractivity contribution in [3.63, 3.8) is 0 Å². The monoisotopic (exact) mass is 306 g/mol. The van der Waals surface area contributed by atoms with Crippen molar-refractivity contribution in [2.24, 2.45) is 4.99 Å². The lowest BCUT2D eigenvalue weighted by Crippen LogP contribution is -2.24. The second-order valence-corrected chi connectivity index (χ2v) is 4.44. The van der Waals surface area contributed by atoms with Crippen LogP contribution in [0.2, 0.25) is 0 Å². The average Bonchev–Trinajstić information content (AvgIpc) is 2.59. The van der Waals surface area contributed by atoms with E-state index >= 15 is 0 Å². The summed E-state index contributed by atoms with van der Waals surface area (Å²) in [4.78, 5) is 25.4. The number of rotatable bonds is 4. The highest BCUT2D eigenvalue weighted by Gasteiger charge is 2.00. The Balaban J connectivity index is 1.81. The molecule has 0 saturated heterocycles. The maximum absolute atomic E-state index is 11.5. The summed E-state index contributed by atoms with van der Waals surface area (Å²) in [6, 6.07) is 16.3. The van der Waals surface area contributed by atoms with Crippen molar-refractivity contribution >= 4 is 17.9 Å². The first-order valence-corrected chi connectivity index (χ1v) is 6.90. The van der Waals surface area contributed by atoms with Gasteiger partial charge in [0.15, 0.2) is 0 Å². The van der Waals surface area contributed by atoms with E-state index in [0.29, 0.717) is 11.3 Å². The third-order valence-corrected chi connectivity index (χ3v) is 2.83. The Labute approximate surface area is 134 Å². The zero-order valence-corrected chi connectivity index (χ0v) is 12.3. The minimum Gasteiger partial charge on any atom is -0.445 e. The van der Waals surface area contributed by atoms with Crippen LogP contribution in [0.1, 0.15) is 11.1 Å². The molecule has 23 heavy (non-hydrogen) atoms. The van der Waals surface area contributed by atoms with Gasteiger partial charge in [-0.2, -0.15) is 4.99 Å². The number of nitrogens with one attached hydrogen (secondary N) is 1. The number of ether oxygens (including phenoxy) is 1. The summed E-state index contributed by atoms with van der Waals surface area (Å²) >= 11 is 0. The standard InChI is InChI=1S/C18H14N2O3/c21-14-20-17-11-5-4-9-16(17)10-6-12-19-18(22)23-13-15-7-2-1-3-8-15/h1-5,7-9,11H,12-13H2,(H,19,22). The molecule has 0 aromatic heterocycles. The molecule has 1 amide bonds. The third kappa shape index (κ3) is 5.50. The maximum Gasteiger partial charge on any atom is 0.408 e. The largest absolute Gasteiger partial charge is 0.445 e. The molecule has 0 saturated carbocycles. The van der Waals surface area contributed by atoms with Crippen molar-refractivity contribution in [3.8, 4) is 11.8 Å². The number of amides is 1. The van der Waals surface area contributed by atoms with Crippen LogP contribution in [0.15, 0.2) is 59.6 Å². The Morgan fingerprint density at radius 2 is 1.83 bits per heavy atom. The van der Waals surface area contributed by atoms with Crippen molar-refractivity contribution in [1.82, 2.24) is 5.32 Å². The first-order chi connectivity index (χ1) is 11.3. The minimum atomic E-state index is -0.539. The number of carbonyl (C=O) groups is 1. The molecule has 0 aliphatic rings. The molecule has 2 aromatic carbocycles. The van der Waals surface area contributed by atoms with E-state index < -0.39 is 6.09 Å². The van der Waals surface area contributed by atoms with E-state index in [1.165, 1.54) is 6.08 Å². The lowest BCUT2D eigenvalue weighted by Gasteiger charge is -2.04. The van der Waals surface area contributed by atoms with Gasteiger partial charge in [-0.05, 0) is 17.7 Å². The number of benzene rings is 2. The SMILES string of the molecule is O=C=Nc1ccccc1C#CCNC(=O)OCc1ccccc1. The summed E-state index contributed by atoms with van der Waals surface area (Å²) in [6.07, 6.45) is 0.943. The Kier molecular flexibility index (Phi) is 6.15. The van der Waals surface area contributed by atoms with Gasteiger partial charge in [0.1, 0.15) is 6.61 Å². The van der Waals surface area contributed by atoms with Crippen LogP contribution in [0, 0.1) is 11.8 Å². The molecule has 0 aliphatic heterocycles. The van der Waals surface area contributed by atoms with E-state index in [1.54, 1.807) is 24.3 Å². The number of nitrogens with zero attached hydrogens (tertiary/aromatic N) is 1. The second kappa shape index (κ2) is 8.83. The van der Waals surface area contributed by atoms with Gasteiger partial charge in [0.2, 0.25) is 6.08 Å². The van der Waals surface area contributed by atoms with E-state index in [1.807, 2.05) is 30.3 Å². The third-order valence-electron chi connectivity index (χ3n) is 2.83. The fourth-order valence-electron chi connectivity index (χ4n) is 1.76. The van der Waals surface area contributed by atoms with E-state index in [0.717, 1.165) is 5.56 Å². The van der Waals surface area contributed by atoms with E-state index in [-0.39, 0.29) is 13.2 Å². The number of hydrogen-bond acceptors (Lipinski definition) is 4. The highest BCUT2D eigenvalue weighted by atomic mass is 16.5. The molecule has 0 unspecified atom stereocenters. The van der Waals surface area contributed by atoms with Gasteiger partial charge in [0.05, 0.1) is 17.8 Å². The Hall–Kier alpha value is -3.35. The Bertz CT molecular complexity index is 770. The summed E-state index contributed by atoms with van der Waals surface area (Å²) in [6.45, 7) is 0.337. The lowest BCUT2D eigenvalue weighted by molar-refractivity contribution is 0.141. The molecule has 5 heteroatoms. The Morgan fingerprint density at radius 1 is 1.09 bits per heavy atom. The highest BCUT2D eigenvalue weighted by Crippen LogP contribution is 2.16. The van der Waals surface area contributed by atoms with Crippen LogP contribution in [0.3, 0.4) is 0 Å². The molecule has 0 bridgehead atoms. The van der Waals surface area contributed by atoms with Gasteiger partial charge >= 0.3 is 6.09 Å². The topological polar surface area (TPSA) is 67.8 Å². The molecule has 0 radical (unpaired) electrons. The van der Waals surface area contributed by atoms with E-state index in [4.69, 9.17) is 4.74 Å². The predicted molar refractivity (Wildman–Crippen MR) is 85.7 cm³/mol. The summed E-state index contributed by atoms with van der Waals surface area (Å²) in [5.41, 5.74) is 1.95. The average molecular weight is 306 g/mol. The van der Waals surface area contributed by atoms with Crippen LogP contribution in [0.25, 0.3) is 0 Å². The molecule has 0 aliphatic carbocycles. The summed E-state index contributed by atoms with van der Waals surface area (Å²) in [7, 11) is 0. The molecule has 5 nitrogen and oxygen atoms in total. The molecule has 2 aromatic rings. The number of aliphatic imine (C=N–C) groups is 1. The normalized spacial score (nSPS) is 9.04. The number of carbonyl (C=O) groups excluding carboxylic acids is 2. The number of hydrogen-bond donors (Lipinski definition) is 1. The van der Waals surface area contributed by atoms with E-state index in [9.17, 15) is 9.59 Å². The van der Waals surface area contributed by atoms with Gasteiger partial charge < -0.3 is 10.1 Å². The van der Waals surface area contributed by atoms with Gasteiger partial charge in [-0.15, -0.1) is 0 Å². The molecule has 114 valence electrons. The molecule has 2 rings (SSSR count). The zero-order valence-electron chi connectivity index (χ0n) is 12.3. The fourth-order valence-corrected chi connectivity index (χ4v) is 1.76. The Morgan fingerprint density at radius 3 is 2.61 bits per heavy atom. The second-order valence-electron chi connectivity index (χ2n) is 4.44. The predicted octanol–water partition coefficient (Wildman–Crippen LogP) is 2.93. The first-order valence-electron chi connectivity index (χ1n) is 6.90. The number of para-hydroxylation sites is 1. The van der Waals surface area contributed by atoms with Gasteiger partial charge in [-0.3, -0.25) is 0 Å². The van der Waals surface area contributed by atoms with Crippen LogP contribution < -0.4 is 5.32 Å². The van der Waals surface area contributed by atoms with Crippen LogP contribution in [0.5, 0.6) is 0 Å². The smallest absolute Gasteiger partial charge is 0.408 e. The lowest BCUT2D eigenvalue weighted by atomic mass is 10.2. The van der Waals surface area contributed by atoms with Crippen LogP contribution in [-0.2, 0) is 16.1 Å². The number of alkyl carbamates (subject to hydrolysis) is 1. The highest BCUT2D eigenvalue weighted by molar-refractivity contribution is 5.67. The molecular formula is C18H14N2O3. The molecule has 0 fully saturated rings. The molecule has 0 heterocycles. The van der Waals surface area contributed by atoms with Crippen molar-refractivity contribution < 1.29 is 14.3 Å². The summed E-state index contributed by atoms with van der Waals surface area (Å²) < 4.78 is 5.05. The van der Waals surface area contributed by atoms with Crippen molar-refractivity contribution in [3.05, 3.63) is 65.7 Å². The zero-order chi connectivity index (χ0) is 16.3. The van der Waals surface area contributed by atoms with Gasteiger partial charge in [0, 0.05) is 0 Å².